The number of rotatable bonds is 5. The molecule has 0 radical (unpaired) electrons. The maximum Gasteiger partial charge on any atom is 0.351 e. The van der Waals surface area contributed by atoms with E-state index in [-0.39, 0.29) is 23.9 Å². The van der Waals surface area contributed by atoms with Crippen LogP contribution in [0.25, 0.3) is 5.82 Å². The second-order valence-electron chi connectivity index (χ2n) is 7.70. The molecular weight excluding hydrogens is 418 g/mol. The number of aryl methyl sites for hydroxylation is 1. The molecule has 3 aromatic rings. The molecule has 1 unspecified atom stereocenters. The third kappa shape index (κ3) is 3.73. The molecule has 10 heteroatoms. The summed E-state index contributed by atoms with van der Waals surface area (Å²) in [6.07, 6.45) is 1.44. The number of carbonyl (C=O) groups is 1. The van der Waals surface area contributed by atoms with Crippen LogP contribution in [0.5, 0.6) is 0 Å². The Kier molecular flexibility index (Phi) is 5.70. The Morgan fingerprint density at radius 2 is 2.00 bits per heavy atom. The number of hydrogen-bond acceptors (Lipinski definition) is 5. The number of nitrogens with two attached hydrogens (primary N) is 1. The molecule has 2 N–H and O–H groups in total. The van der Waals surface area contributed by atoms with Gasteiger partial charge in [0.15, 0.2) is 0 Å². The van der Waals surface area contributed by atoms with Crippen LogP contribution < -0.4 is 16.3 Å². The summed E-state index contributed by atoms with van der Waals surface area (Å²) in [5.41, 5.74) is 7.71. The summed E-state index contributed by atoms with van der Waals surface area (Å²) in [6.45, 7) is 0.998. The number of halogens is 2. The van der Waals surface area contributed by atoms with Crippen molar-refractivity contribution in [3.8, 4) is 5.82 Å². The van der Waals surface area contributed by atoms with Gasteiger partial charge in [-0.3, -0.25) is 4.79 Å². The number of aromatic nitrogens is 4. The van der Waals surface area contributed by atoms with Crippen LogP contribution in [-0.4, -0.2) is 38.8 Å². The van der Waals surface area contributed by atoms with Gasteiger partial charge < -0.3 is 10.6 Å². The Hall–Kier alpha value is -3.66. The van der Waals surface area contributed by atoms with Crippen molar-refractivity contribution in [2.45, 2.75) is 25.8 Å². The number of benzene rings is 1. The topological polar surface area (TPSA) is 99.0 Å². The van der Waals surface area contributed by atoms with Gasteiger partial charge in [-0.1, -0.05) is 24.3 Å². The van der Waals surface area contributed by atoms with Gasteiger partial charge in [-0.15, -0.1) is 0 Å². The lowest BCUT2D eigenvalue weighted by Gasteiger charge is -2.31. The number of hydrogen-bond donors (Lipinski definition) is 1. The minimum absolute atomic E-state index is 0.0306. The highest BCUT2D eigenvalue weighted by Crippen LogP contribution is 2.34. The Labute approximate surface area is 182 Å². The third-order valence-corrected chi connectivity index (χ3v) is 5.70. The zero-order valence-corrected chi connectivity index (χ0v) is 17.6. The van der Waals surface area contributed by atoms with Gasteiger partial charge in [0.2, 0.25) is 5.91 Å². The smallest absolute Gasteiger partial charge is 0.327 e. The van der Waals surface area contributed by atoms with Crippen molar-refractivity contribution in [1.82, 2.24) is 19.3 Å². The fraction of sp³-hybridized carbons (Fsp3) is 0.273. The fourth-order valence-corrected chi connectivity index (χ4v) is 3.94. The molecule has 3 heterocycles. The summed E-state index contributed by atoms with van der Waals surface area (Å²) in [6, 6.07) is 9.58. The molecule has 8 nitrogen and oxygen atoms in total. The largest absolute Gasteiger partial charge is 0.351 e. The van der Waals surface area contributed by atoms with Crippen LogP contribution in [0.2, 0.25) is 0 Å². The average Bonchev–Trinajstić information content (AvgIpc) is 3.14. The summed E-state index contributed by atoms with van der Waals surface area (Å²) < 4.78 is 27.9. The number of para-hydroxylation sites is 1. The lowest BCUT2D eigenvalue weighted by Crippen LogP contribution is -2.37. The van der Waals surface area contributed by atoms with E-state index in [2.05, 4.69) is 10.1 Å². The van der Waals surface area contributed by atoms with Crippen molar-refractivity contribution >= 4 is 11.6 Å². The molecule has 2 aromatic heterocycles. The van der Waals surface area contributed by atoms with Gasteiger partial charge in [0, 0.05) is 31.0 Å². The first-order valence-electron chi connectivity index (χ1n) is 10.0. The summed E-state index contributed by atoms with van der Waals surface area (Å²) in [5.74, 6) is -0.0997. The lowest BCUT2D eigenvalue weighted by molar-refractivity contribution is -0.120. The minimum Gasteiger partial charge on any atom is -0.327 e. The third-order valence-electron chi connectivity index (χ3n) is 5.70. The van der Waals surface area contributed by atoms with Crippen molar-refractivity contribution < 1.29 is 13.6 Å². The molecule has 32 heavy (non-hydrogen) atoms. The van der Waals surface area contributed by atoms with Crippen LogP contribution in [0, 0.1) is 6.92 Å². The molecule has 166 valence electrons. The molecular formula is C22H22F2N6O2. The summed E-state index contributed by atoms with van der Waals surface area (Å²) in [5, 5.41) is 3.91. The number of fused-ring (bicyclic) bond motifs is 1. The molecule has 1 atom stereocenters. The van der Waals surface area contributed by atoms with E-state index in [1.807, 2.05) is 30.3 Å². The van der Waals surface area contributed by atoms with Crippen LogP contribution in [0.4, 0.5) is 14.5 Å². The van der Waals surface area contributed by atoms with E-state index < -0.39 is 18.3 Å². The van der Waals surface area contributed by atoms with E-state index in [0.717, 1.165) is 21.5 Å². The Balaban J connectivity index is 1.65. The summed E-state index contributed by atoms with van der Waals surface area (Å²) in [7, 11) is 1.75. The second-order valence-corrected chi connectivity index (χ2v) is 7.70. The standard InChI is InChI=1S/C22H22F2N6O2/c1-13-7-15(17-8-14-5-3-4-6-18(14)28(2)21(17)31)10-26-20(13)29-12-27-30(22(29)32)11-16(9-25)19(23)24/h3-7,10,12,17H,8-9,11,25H2,1-2H3. The molecule has 1 aromatic carbocycles. The maximum atomic E-state index is 13.0. The first kappa shape index (κ1) is 21.6. The molecule has 0 saturated carbocycles. The number of amides is 1. The zero-order chi connectivity index (χ0) is 23.0. The van der Waals surface area contributed by atoms with E-state index in [4.69, 9.17) is 5.73 Å². The predicted octanol–water partition coefficient (Wildman–Crippen LogP) is 2.15. The van der Waals surface area contributed by atoms with Crippen molar-refractivity contribution in [3.63, 3.8) is 0 Å². The van der Waals surface area contributed by atoms with Crippen molar-refractivity contribution in [2.75, 3.05) is 18.5 Å². The Morgan fingerprint density at radius 3 is 2.69 bits per heavy atom. The molecule has 1 amide bonds. The number of carbonyl (C=O) groups excluding carboxylic acids is 1. The molecule has 0 spiro atoms. The first-order chi connectivity index (χ1) is 15.3. The van der Waals surface area contributed by atoms with E-state index in [9.17, 15) is 18.4 Å². The molecule has 1 aliphatic heterocycles. The van der Waals surface area contributed by atoms with Crippen LogP contribution in [0.15, 0.2) is 59.3 Å². The number of pyridine rings is 1. The zero-order valence-electron chi connectivity index (χ0n) is 17.6. The summed E-state index contributed by atoms with van der Waals surface area (Å²) >= 11 is 0. The maximum absolute atomic E-state index is 13.0. The van der Waals surface area contributed by atoms with Gasteiger partial charge in [-0.2, -0.15) is 13.9 Å². The Morgan fingerprint density at radius 1 is 1.25 bits per heavy atom. The normalized spacial score (nSPS) is 15.6. The van der Waals surface area contributed by atoms with Gasteiger partial charge in [0.05, 0.1) is 12.5 Å². The predicted molar refractivity (Wildman–Crippen MR) is 115 cm³/mol. The molecule has 4 rings (SSSR count). The van der Waals surface area contributed by atoms with Crippen molar-refractivity contribution in [3.05, 3.63) is 81.7 Å². The van der Waals surface area contributed by atoms with E-state index >= 15 is 0 Å². The number of nitrogens with zero attached hydrogens (tertiary/aromatic N) is 5. The van der Waals surface area contributed by atoms with Crippen molar-refractivity contribution in [1.29, 1.82) is 0 Å². The highest BCUT2D eigenvalue weighted by Gasteiger charge is 2.32. The molecule has 0 aliphatic carbocycles. The molecule has 0 bridgehead atoms. The Bertz CT molecular complexity index is 1280. The minimum atomic E-state index is -1.92. The van der Waals surface area contributed by atoms with E-state index in [1.165, 1.54) is 10.9 Å². The van der Waals surface area contributed by atoms with Crippen molar-refractivity contribution in [2.24, 2.45) is 5.73 Å². The van der Waals surface area contributed by atoms with Gasteiger partial charge in [0.25, 0.3) is 6.08 Å². The highest BCUT2D eigenvalue weighted by molar-refractivity contribution is 6.00. The number of likely N-dealkylation sites (N-methyl/N-ethyl adjacent to an activating group) is 1. The monoisotopic (exact) mass is 440 g/mol. The first-order valence-corrected chi connectivity index (χ1v) is 10.0. The quantitative estimate of drug-likeness (QED) is 0.656. The van der Waals surface area contributed by atoms with E-state index in [0.29, 0.717) is 17.8 Å². The average molecular weight is 440 g/mol. The van der Waals surface area contributed by atoms with Gasteiger partial charge in [0.1, 0.15) is 12.1 Å². The van der Waals surface area contributed by atoms with Gasteiger partial charge in [-0.25, -0.2) is 19.0 Å². The second kappa shape index (κ2) is 8.46. The van der Waals surface area contributed by atoms with Crippen LogP contribution >= 0.6 is 0 Å². The molecule has 1 aliphatic rings. The van der Waals surface area contributed by atoms with Crippen LogP contribution in [-0.2, 0) is 17.8 Å². The van der Waals surface area contributed by atoms with Gasteiger partial charge in [-0.05, 0) is 36.1 Å². The summed E-state index contributed by atoms with van der Waals surface area (Å²) in [4.78, 5) is 31.7. The SMILES string of the molecule is Cc1cc(C2Cc3ccccc3N(C)C2=O)cnc1-n1cnn(CC(CN)=C(F)F)c1=O. The van der Waals surface area contributed by atoms with Crippen LogP contribution in [0.1, 0.15) is 22.6 Å². The number of anilines is 1. The van der Waals surface area contributed by atoms with Crippen LogP contribution in [0.3, 0.4) is 0 Å². The van der Waals surface area contributed by atoms with Gasteiger partial charge >= 0.3 is 5.69 Å². The fourth-order valence-electron chi connectivity index (χ4n) is 3.94. The molecule has 0 saturated heterocycles. The highest BCUT2D eigenvalue weighted by atomic mass is 19.3. The van der Waals surface area contributed by atoms with E-state index in [1.54, 1.807) is 25.1 Å². The molecule has 0 fully saturated rings. The lowest BCUT2D eigenvalue weighted by atomic mass is 9.87.